The molecule has 1 unspecified atom stereocenters. The Morgan fingerprint density at radius 3 is 2.75 bits per heavy atom. The van der Waals surface area contributed by atoms with Crippen LogP contribution in [0, 0.1) is 0 Å². The highest BCUT2D eigenvalue weighted by molar-refractivity contribution is 6.31. The van der Waals surface area contributed by atoms with E-state index in [9.17, 15) is 9.59 Å². The maximum atomic E-state index is 11.7. The third-order valence-corrected chi connectivity index (χ3v) is 2.36. The average Bonchev–Trinajstić information content (AvgIpc) is 2.59. The van der Waals surface area contributed by atoms with Crippen molar-refractivity contribution in [1.29, 1.82) is 0 Å². The standard InChI is InChI=1S/C10H13ClN2O3/c1-3-13-5-7(11)4-8(13)9(14)12-6(2)10(15)16/h4-6H,3H2,1-2H3,(H,12,14)(H,15,16). The zero-order valence-electron chi connectivity index (χ0n) is 9.03. The summed E-state index contributed by atoms with van der Waals surface area (Å²) in [4.78, 5) is 22.3. The summed E-state index contributed by atoms with van der Waals surface area (Å²) >= 11 is 5.77. The van der Waals surface area contributed by atoms with Gasteiger partial charge in [0.2, 0.25) is 0 Å². The van der Waals surface area contributed by atoms with E-state index in [0.717, 1.165) is 0 Å². The van der Waals surface area contributed by atoms with Crippen molar-refractivity contribution in [2.24, 2.45) is 0 Å². The summed E-state index contributed by atoms with van der Waals surface area (Å²) in [6.45, 7) is 3.87. The molecule has 0 aliphatic carbocycles. The summed E-state index contributed by atoms with van der Waals surface area (Å²) in [5.41, 5.74) is 0.362. The molecule has 88 valence electrons. The van der Waals surface area contributed by atoms with E-state index >= 15 is 0 Å². The second-order valence-corrected chi connectivity index (χ2v) is 3.80. The van der Waals surface area contributed by atoms with Crippen LogP contribution < -0.4 is 5.32 Å². The van der Waals surface area contributed by atoms with Crippen LogP contribution in [-0.2, 0) is 11.3 Å². The van der Waals surface area contributed by atoms with Crippen molar-refractivity contribution < 1.29 is 14.7 Å². The average molecular weight is 245 g/mol. The molecule has 6 heteroatoms. The van der Waals surface area contributed by atoms with Crippen molar-refractivity contribution in [3.63, 3.8) is 0 Å². The van der Waals surface area contributed by atoms with Gasteiger partial charge in [0.1, 0.15) is 11.7 Å². The van der Waals surface area contributed by atoms with Gasteiger partial charge in [-0.1, -0.05) is 11.6 Å². The monoisotopic (exact) mass is 244 g/mol. The number of aromatic nitrogens is 1. The highest BCUT2D eigenvalue weighted by Gasteiger charge is 2.18. The van der Waals surface area contributed by atoms with Gasteiger partial charge in [-0.05, 0) is 19.9 Å². The maximum Gasteiger partial charge on any atom is 0.325 e. The number of aliphatic carboxylic acids is 1. The Bertz CT molecular complexity index is 414. The minimum absolute atomic E-state index is 0.362. The fourth-order valence-electron chi connectivity index (χ4n) is 1.26. The van der Waals surface area contributed by atoms with Gasteiger partial charge < -0.3 is 15.0 Å². The molecule has 0 bridgehead atoms. The number of rotatable bonds is 4. The number of nitrogens with one attached hydrogen (secondary N) is 1. The summed E-state index contributed by atoms with van der Waals surface area (Å²) in [5, 5.41) is 11.5. The third kappa shape index (κ3) is 2.76. The first kappa shape index (κ1) is 12.6. The number of carbonyl (C=O) groups is 2. The first-order chi connectivity index (χ1) is 7.45. The van der Waals surface area contributed by atoms with Crippen molar-refractivity contribution in [3.05, 3.63) is 23.0 Å². The van der Waals surface area contributed by atoms with Gasteiger partial charge in [0.05, 0.1) is 5.02 Å². The lowest BCUT2D eigenvalue weighted by Gasteiger charge is -2.10. The third-order valence-electron chi connectivity index (χ3n) is 2.15. The molecule has 0 aliphatic heterocycles. The molecule has 16 heavy (non-hydrogen) atoms. The minimum Gasteiger partial charge on any atom is -0.480 e. The van der Waals surface area contributed by atoms with Crippen LogP contribution in [0.15, 0.2) is 12.3 Å². The quantitative estimate of drug-likeness (QED) is 0.840. The summed E-state index contributed by atoms with van der Waals surface area (Å²) in [5.74, 6) is -1.52. The molecule has 1 heterocycles. The van der Waals surface area contributed by atoms with E-state index in [1.165, 1.54) is 13.0 Å². The zero-order chi connectivity index (χ0) is 12.3. The summed E-state index contributed by atoms with van der Waals surface area (Å²) in [6.07, 6.45) is 1.63. The lowest BCUT2D eigenvalue weighted by Crippen LogP contribution is -2.39. The van der Waals surface area contributed by atoms with Crippen LogP contribution in [0.1, 0.15) is 24.3 Å². The number of amides is 1. The van der Waals surface area contributed by atoms with E-state index in [-0.39, 0.29) is 0 Å². The molecule has 1 atom stereocenters. The van der Waals surface area contributed by atoms with E-state index in [0.29, 0.717) is 17.3 Å². The topological polar surface area (TPSA) is 71.3 Å². The van der Waals surface area contributed by atoms with Crippen molar-refractivity contribution in [1.82, 2.24) is 9.88 Å². The highest BCUT2D eigenvalue weighted by Crippen LogP contribution is 2.14. The van der Waals surface area contributed by atoms with Gasteiger partial charge in [-0.15, -0.1) is 0 Å². The number of carboxylic acid groups (broad SMARTS) is 1. The molecule has 0 aliphatic rings. The summed E-state index contributed by atoms with van der Waals surface area (Å²) < 4.78 is 1.66. The Morgan fingerprint density at radius 2 is 2.25 bits per heavy atom. The first-order valence-corrected chi connectivity index (χ1v) is 5.22. The molecule has 1 rings (SSSR count). The van der Waals surface area contributed by atoms with Gasteiger partial charge in [0, 0.05) is 12.7 Å². The van der Waals surface area contributed by atoms with Crippen LogP contribution in [0.25, 0.3) is 0 Å². The first-order valence-electron chi connectivity index (χ1n) is 4.85. The van der Waals surface area contributed by atoms with Crippen LogP contribution >= 0.6 is 11.6 Å². The number of carbonyl (C=O) groups excluding carboxylic acids is 1. The van der Waals surface area contributed by atoms with Crippen molar-refractivity contribution in [2.75, 3.05) is 0 Å². The van der Waals surface area contributed by atoms with Crippen LogP contribution in [-0.4, -0.2) is 27.6 Å². The molecule has 0 aromatic carbocycles. The van der Waals surface area contributed by atoms with Crippen molar-refractivity contribution in [2.45, 2.75) is 26.4 Å². The van der Waals surface area contributed by atoms with E-state index in [2.05, 4.69) is 5.32 Å². The molecule has 0 radical (unpaired) electrons. The molecular formula is C10H13ClN2O3. The zero-order valence-corrected chi connectivity index (χ0v) is 9.78. The molecule has 2 N–H and O–H groups in total. The molecule has 1 aromatic rings. The molecule has 0 fully saturated rings. The Labute approximate surface area is 98.0 Å². The largest absolute Gasteiger partial charge is 0.480 e. The van der Waals surface area contributed by atoms with Gasteiger partial charge in [-0.25, -0.2) is 0 Å². The number of halogens is 1. The molecular weight excluding hydrogens is 232 g/mol. The van der Waals surface area contributed by atoms with Gasteiger partial charge in [-0.2, -0.15) is 0 Å². The number of carboxylic acids is 1. The minimum atomic E-state index is -1.07. The van der Waals surface area contributed by atoms with E-state index in [1.54, 1.807) is 10.8 Å². The predicted octanol–water partition coefficient (Wildman–Crippen LogP) is 1.36. The SMILES string of the molecule is CCn1cc(Cl)cc1C(=O)NC(C)C(=O)O. The number of aryl methyl sites for hydroxylation is 1. The number of hydrogen-bond donors (Lipinski definition) is 2. The fourth-order valence-corrected chi connectivity index (χ4v) is 1.48. The van der Waals surface area contributed by atoms with Crippen molar-refractivity contribution >= 4 is 23.5 Å². The van der Waals surface area contributed by atoms with Crippen LogP contribution in [0.4, 0.5) is 0 Å². The Morgan fingerprint density at radius 1 is 1.62 bits per heavy atom. The number of hydrogen-bond acceptors (Lipinski definition) is 2. The second kappa shape index (κ2) is 5.03. The normalized spacial score (nSPS) is 12.2. The maximum absolute atomic E-state index is 11.7. The van der Waals surface area contributed by atoms with E-state index < -0.39 is 17.9 Å². The smallest absolute Gasteiger partial charge is 0.325 e. The molecule has 1 amide bonds. The Kier molecular flexibility index (Phi) is 3.95. The summed E-state index contributed by atoms with van der Waals surface area (Å²) in [6, 6.07) is 0.584. The van der Waals surface area contributed by atoms with Crippen LogP contribution in [0.2, 0.25) is 5.02 Å². The molecule has 0 saturated carbocycles. The van der Waals surface area contributed by atoms with Crippen molar-refractivity contribution in [3.8, 4) is 0 Å². The molecule has 1 aromatic heterocycles. The van der Waals surface area contributed by atoms with Gasteiger partial charge in [0.15, 0.2) is 0 Å². The van der Waals surface area contributed by atoms with E-state index in [4.69, 9.17) is 16.7 Å². The highest BCUT2D eigenvalue weighted by atomic mass is 35.5. The molecule has 0 saturated heterocycles. The van der Waals surface area contributed by atoms with Gasteiger partial charge in [0.25, 0.3) is 5.91 Å². The molecule has 5 nitrogen and oxygen atoms in total. The Balaban J connectivity index is 2.84. The predicted molar refractivity (Wildman–Crippen MR) is 59.7 cm³/mol. The van der Waals surface area contributed by atoms with Crippen LogP contribution in [0.3, 0.4) is 0 Å². The molecule has 0 spiro atoms. The van der Waals surface area contributed by atoms with Gasteiger partial charge in [-0.3, -0.25) is 9.59 Å². The lowest BCUT2D eigenvalue weighted by atomic mass is 10.3. The lowest BCUT2D eigenvalue weighted by molar-refractivity contribution is -0.138. The number of nitrogens with zero attached hydrogens (tertiary/aromatic N) is 1. The van der Waals surface area contributed by atoms with Crippen LogP contribution in [0.5, 0.6) is 0 Å². The fraction of sp³-hybridized carbons (Fsp3) is 0.400. The van der Waals surface area contributed by atoms with E-state index in [1.807, 2.05) is 6.92 Å². The Hall–Kier alpha value is -1.49. The summed E-state index contributed by atoms with van der Waals surface area (Å²) in [7, 11) is 0. The van der Waals surface area contributed by atoms with Gasteiger partial charge >= 0.3 is 5.97 Å². The second-order valence-electron chi connectivity index (χ2n) is 3.36.